The third-order valence-electron chi connectivity index (χ3n) is 3.68. The van der Waals surface area contributed by atoms with Gasteiger partial charge < -0.3 is 19.9 Å². The Morgan fingerprint density at radius 1 is 1.50 bits per heavy atom. The Morgan fingerprint density at radius 2 is 2.25 bits per heavy atom. The summed E-state index contributed by atoms with van der Waals surface area (Å²) >= 11 is 0. The Labute approximate surface area is 116 Å². The van der Waals surface area contributed by atoms with Gasteiger partial charge in [-0.3, -0.25) is 0 Å². The number of nitrogens with zero attached hydrogens (tertiary/aromatic N) is 4. The number of rotatable bonds is 4. The fourth-order valence-electron chi connectivity index (χ4n) is 2.15. The number of carboxylic acids is 1. The molecular formula is C12H19N5O3. The predicted molar refractivity (Wildman–Crippen MR) is 69.8 cm³/mol. The molecule has 2 rings (SSSR count). The van der Waals surface area contributed by atoms with E-state index in [2.05, 4.69) is 15.5 Å². The summed E-state index contributed by atoms with van der Waals surface area (Å²) in [7, 11) is 0. The highest BCUT2D eigenvalue weighted by molar-refractivity contribution is 5.82. The monoisotopic (exact) mass is 281 g/mol. The number of carbonyl (C=O) groups is 2. The first-order chi connectivity index (χ1) is 9.52. The van der Waals surface area contributed by atoms with Crippen LogP contribution in [0.1, 0.15) is 26.1 Å². The lowest BCUT2D eigenvalue weighted by molar-refractivity contribution is -0.140. The van der Waals surface area contributed by atoms with Crippen molar-refractivity contribution in [2.24, 2.45) is 5.92 Å². The molecule has 0 fully saturated rings. The van der Waals surface area contributed by atoms with E-state index in [0.29, 0.717) is 31.9 Å². The molecule has 0 bridgehead atoms. The molecule has 8 nitrogen and oxygen atoms in total. The Hall–Kier alpha value is -2.12. The van der Waals surface area contributed by atoms with Crippen molar-refractivity contribution in [3.8, 4) is 0 Å². The Balaban J connectivity index is 2.00. The molecule has 8 heteroatoms. The number of carboxylic acid groups (broad SMARTS) is 1. The van der Waals surface area contributed by atoms with Crippen LogP contribution in [0.3, 0.4) is 0 Å². The molecule has 1 aliphatic rings. The zero-order valence-corrected chi connectivity index (χ0v) is 11.6. The molecular weight excluding hydrogens is 262 g/mol. The highest BCUT2D eigenvalue weighted by Crippen LogP contribution is 2.12. The summed E-state index contributed by atoms with van der Waals surface area (Å²) < 4.78 is 1.88. The molecule has 0 aliphatic carbocycles. The normalized spacial score (nSPS) is 17.2. The van der Waals surface area contributed by atoms with Crippen LogP contribution >= 0.6 is 0 Å². The summed E-state index contributed by atoms with van der Waals surface area (Å²) in [6.07, 6.45) is 2.31. The van der Waals surface area contributed by atoms with Crippen LogP contribution in [-0.4, -0.2) is 49.4 Å². The Bertz CT molecular complexity index is 501. The quantitative estimate of drug-likeness (QED) is 0.827. The molecule has 0 saturated heterocycles. The van der Waals surface area contributed by atoms with E-state index in [4.69, 9.17) is 0 Å². The van der Waals surface area contributed by atoms with Crippen LogP contribution in [-0.2, 0) is 17.9 Å². The maximum Gasteiger partial charge on any atom is 0.326 e. The van der Waals surface area contributed by atoms with Crippen molar-refractivity contribution in [3.05, 3.63) is 12.2 Å². The minimum Gasteiger partial charge on any atom is -0.480 e. The number of hydrogen-bond donors (Lipinski definition) is 2. The van der Waals surface area contributed by atoms with Crippen LogP contribution in [0.4, 0.5) is 4.79 Å². The van der Waals surface area contributed by atoms with Crippen LogP contribution in [0.15, 0.2) is 6.33 Å². The van der Waals surface area contributed by atoms with E-state index < -0.39 is 12.0 Å². The topological polar surface area (TPSA) is 100 Å². The molecule has 20 heavy (non-hydrogen) atoms. The SMILES string of the molecule is CCC(C)[C@H](NC(=O)N1CCn2cnnc2C1)C(=O)O. The first-order valence-electron chi connectivity index (χ1n) is 6.67. The maximum atomic E-state index is 12.2. The Morgan fingerprint density at radius 3 is 2.90 bits per heavy atom. The molecule has 0 aromatic carbocycles. The molecule has 2 atom stereocenters. The van der Waals surface area contributed by atoms with Gasteiger partial charge in [-0.15, -0.1) is 10.2 Å². The molecule has 0 saturated carbocycles. The van der Waals surface area contributed by atoms with Gasteiger partial charge in [0.2, 0.25) is 0 Å². The lowest BCUT2D eigenvalue weighted by Gasteiger charge is -2.29. The lowest BCUT2D eigenvalue weighted by atomic mass is 9.99. The third-order valence-corrected chi connectivity index (χ3v) is 3.68. The molecule has 0 radical (unpaired) electrons. The summed E-state index contributed by atoms with van der Waals surface area (Å²) in [5.41, 5.74) is 0. The summed E-state index contributed by atoms with van der Waals surface area (Å²) in [5, 5.41) is 19.5. The highest BCUT2D eigenvalue weighted by Gasteiger charge is 2.29. The van der Waals surface area contributed by atoms with E-state index in [1.54, 1.807) is 11.2 Å². The van der Waals surface area contributed by atoms with E-state index in [1.807, 2.05) is 18.4 Å². The maximum absolute atomic E-state index is 12.2. The van der Waals surface area contributed by atoms with E-state index in [-0.39, 0.29) is 11.9 Å². The number of urea groups is 1. The first kappa shape index (κ1) is 14.3. The molecule has 1 unspecified atom stereocenters. The number of aromatic nitrogens is 3. The number of aliphatic carboxylic acids is 1. The fraction of sp³-hybridized carbons (Fsp3) is 0.667. The second-order valence-corrected chi connectivity index (χ2v) is 5.01. The number of carbonyl (C=O) groups excluding carboxylic acids is 1. The van der Waals surface area contributed by atoms with Gasteiger partial charge in [0.15, 0.2) is 5.82 Å². The molecule has 110 valence electrons. The van der Waals surface area contributed by atoms with Crippen molar-refractivity contribution in [3.63, 3.8) is 0 Å². The van der Waals surface area contributed by atoms with Gasteiger partial charge >= 0.3 is 12.0 Å². The fourth-order valence-corrected chi connectivity index (χ4v) is 2.15. The van der Waals surface area contributed by atoms with Gasteiger partial charge in [-0.05, 0) is 5.92 Å². The number of hydrogen-bond acceptors (Lipinski definition) is 4. The molecule has 2 heterocycles. The second-order valence-electron chi connectivity index (χ2n) is 5.01. The summed E-state index contributed by atoms with van der Waals surface area (Å²) in [6, 6.07) is -1.24. The van der Waals surface area contributed by atoms with Crippen molar-refractivity contribution < 1.29 is 14.7 Å². The third kappa shape index (κ3) is 2.89. The molecule has 2 amide bonds. The van der Waals surface area contributed by atoms with E-state index in [9.17, 15) is 14.7 Å². The van der Waals surface area contributed by atoms with Crippen LogP contribution in [0.2, 0.25) is 0 Å². The second kappa shape index (κ2) is 5.89. The zero-order valence-electron chi connectivity index (χ0n) is 11.6. The minimum absolute atomic E-state index is 0.120. The van der Waals surface area contributed by atoms with Crippen molar-refractivity contribution in [2.45, 2.75) is 39.4 Å². The van der Waals surface area contributed by atoms with Crippen molar-refractivity contribution >= 4 is 12.0 Å². The average Bonchev–Trinajstić information content (AvgIpc) is 2.90. The van der Waals surface area contributed by atoms with Crippen molar-refractivity contribution in [1.29, 1.82) is 0 Å². The van der Waals surface area contributed by atoms with E-state index >= 15 is 0 Å². The number of fused-ring (bicyclic) bond motifs is 1. The average molecular weight is 281 g/mol. The van der Waals surface area contributed by atoms with E-state index in [0.717, 1.165) is 0 Å². The van der Waals surface area contributed by atoms with Gasteiger partial charge in [-0.25, -0.2) is 9.59 Å². The van der Waals surface area contributed by atoms with E-state index in [1.165, 1.54) is 0 Å². The van der Waals surface area contributed by atoms with Crippen LogP contribution < -0.4 is 5.32 Å². The predicted octanol–water partition coefficient (Wildman–Crippen LogP) is 0.303. The first-order valence-corrected chi connectivity index (χ1v) is 6.67. The molecule has 1 aromatic rings. The zero-order chi connectivity index (χ0) is 14.7. The minimum atomic E-state index is -1.01. The van der Waals surface area contributed by atoms with Gasteiger partial charge in [0, 0.05) is 13.1 Å². The largest absolute Gasteiger partial charge is 0.480 e. The molecule has 0 spiro atoms. The van der Waals surface area contributed by atoms with Gasteiger partial charge in [0.05, 0.1) is 6.54 Å². The van der Waals surface area contributed by atoms with Crippen LogP contribution in [0.5, 0.6) is 0 Å². The van der Waals surface area contributed by atoms with Gasteiger partial charge in [0.25, 0.3) is 0 Å². The molecule has 2 N–H and O–H groups in total. The molecule has 1 aliphatic heterocycles. The molecule has 1 aromatic heterocycles. The standard InChI is InChI=1S/C12H19N5O3/c1-3-8(2)10(11(18)19)14-12(20)16-4-5-17-7-13-15-9(17)6-16/h7-8,10H,3-6H2,1-2H3,(H,14,20)(H,18,19)/t8?,10-/m0/s1. The highest BCUT2D eigenvalue weighted by atomic mass is 16.4. The number of nitrogens with one attached hydrogen (secondary N) is 1. The summed E-state index contributed by atoms with van der Waals surface area (Å²) in [6.45, 7) is 5.20. The van der Waals surface area contributed by atoms with Crippen molar-refractivity contribution in [2.75, 3.05) is 6.54 Å². The van der Waals surface area contributed by atoms with Crippen LogP contribution in [0, 0.1) is 5.92 Å². The van der Waals surface area contributed by atoms with Crippen molar-refractivity contribution in [1.82, 2.24) is 25.0 Å². The Kier molecular flexibility index (Phi) is 4.21. The van der Waals surface area contributed by atoms with Gasteiger partial charge in [0.1, 0.15) is 12.4 Å². The van der Waals surface area contributed by atoms with Gasteiger partial charge in [-0.1, -0.05) is 20.3 Å². The van der Waals surface area contributed by atoms with Gasteiger partial charge in [-0.2, -0.15) is 0 Å². The summed E-state index contributed by atoms with van der Waals surface area (Å²) in [5.74, 6) is -0.417. The smallest absolute Gasteiger partial charge is 0.326 e. The summed E-state index contributed by atoms with van der Waals surface area (Å²) in [4.78, 5) is 24.9. The van der Waals surface area contributed by atoms with Crippen LogP contribution in [0.25, 0.3) is 0 Å². The number of amides is 2. The lowest BCUT2D eigenvalue weighted by Crippen LogP contribution is -2.52.